The first-order chi connectivity index (χ1) is 15.7. The summed E-state index contributed by atoms with van der Waals surface area (Å²) < 4.78 is 4.96. The average Bonchev–Trinajstić information content (AvgIpc) is 3.00. The Morgan fingerprint density at radius 1 is 1.15 bits per heavy atom. The molecule has 0 radical (unpaired) electrons. The van der Waals surface area contributed by atoms with Crippen LogP contribution in [0.5, 0.6) is 5.75 Å². The van der Waals surface area contributed by atoms with Gasteiger partial charge in [0, 0.05) is 22.2 Å². The number of amides is 1. The Labute approximate surface area is 194 Å². The average molecular weight is 467 g/mol. The molecule has 0 unspecified atom stereocenters. The van der Waals surface area contributed by atoms with Gasteiger partial charge in [0.25, 0.3) is 5.91 Å². The van der Waals surface area contributed by atoms with Crippen LogP contribution >= 0.6 is 11.6 Å². The van der Waals surface area contributed by atoms with Gasteiger partial charge in [0.15, 0.2) is 17.1 Å². The van der Waals surface area contributed by atoms with Gasteiger partial charge in [0.1, 0.15) is 0 Å². The zero-order chi connectivity index (χ0) is 23.8. The number of carbonyl (C=O) groups excluding carboxylic acids is 2. The minimum atomic E-state index is -2.17. The number of rotatable bonds is 7. The minimum absolute atomic E-state index is 0.00151. The Hall–Kier alpha value is -3.75. The number of ketones is 1. The minimum Gasteiger partial charge on any atom is -0.490 e. The number of nitro benzene ring substituents is 1. The molecule has 1 N–H and O–H groups in total. The second kappa shape index (κ2) is 8.65. The van der Waals surface area contributed by atoms with Crippen molar-refractivity contribution in [2.45, 2.75) is 18.6 Å². The number of methoxy groups -OCH3 is 1. The Bertz CT molecular complexity index is 1260. The molecule has 0 saturated carbocycles. The zero-order valence-corrected chi connectivity index (χ0v) is 18.3. The molecule has 0 bridgehead atoms. The smallest absolute Gasteiger partial charge is 0.311 e. The first-order valence-corrected chi connectivity index (χ1v) is 10.4. The molecule has 4 rings (SSSR count). The molecular formula is C24H19ClN2O6. The van der Waals surface area contributed by atoms with Crippen molar-refractivity contribution in [1.82, 2.24) is 0 Å². The summed E-state index contributed by atoms with van der Waals surface area (Å²) in [5.74, 6) is -1.30. The number of hydrogen-bond donors (Lipinski definition) is 1. The van der Waals surface area contributed by atoms with Crippen molar-refractivity contribution in [3.63, 3.8) is 0 Å². The van der Waals surface area contributed by atoms with Gasteiger partial charge in [-0.25, -0.2) is 0 Å². The highest BCUT2D eigenvalue weighted by molar-refractivity contribution is 6.31. The predicted octanol–water partition coefficient (Wildman–Crippen LogP) is 4.26. The number of halogens is 1. The fraction of sp³-hybridized carbons (Fsp3) is 0.167. The van der Waals surface area contributed by atoms with E-state index in [0.29, 0.717) is 10.7 Å². The first kappa shape index (κ1) is 22.4. The molecule has 168 valence electrons. The number of Topliss-reactive ketones (excluding diaryl/α,β-unsaturated/α-hetero) is 1. The molecule has 1 atom stereocenters. The Morgan fingerprint density at radius 3 is 2.55 bits per heavy atom. The largest absolute Gasteiger partial charge is 0.490 e. The van der Waals surface area contributed by atoms with Gasteiger partial charge in [-0.2, -0.15) is 0 Å². The van der Waals surface area contributed by atoms with E-state index in [1.807, 2.05) is 30.3 Å². The molecule has 1 aliphatic rings. The van der Waals surface area contributed by atoms with Crippen LogP contribution in [-0.2, 0) is 16.9 Å². The summed E-state index contributed by atoms with van der Waals surface area (Å²) in [6.07, 6.45) is -0.603. The Morgan fingerprint density at radius 2 is 1.88 bits per heavy atom. The summed E-state index contributed by atoms with van der Waals surface area (Å²) in [7, 11) is 1.28. The highest BCUT2D eigenvalue weighted by Gasteiger charge is 2.51. The van der Waals surface area contributed by atoms with Crippen LogP contribution in [0.25, 0.3) is 0 Å². The number of carbonyl (C=O) groups is 2. The molecule has 0 saturated heterocycles. The van der Waals surface area contributed by atoms with E-state index >= 15 is 0 Å². The maximum Gasteiger partial charge on any atom is 0.311 e. The van der Waals surface area contributed by atoms with Gasteiger partial charge in [-0.3, -0.25) is 19.7 Å². The van der Waals surface area contributed by atoms with E-state index < -0.39 is 28.6 Å². The summed E-state index contributed by atoms with van der Waals surface area (Å²) in [6.45, 7) is 0.193. The van der Waals surface area contributed by atoms with Crippen molar-refractivity contribution < 1.29 is 24.4 Å². The SMILES string of the molecule is COc1ccc(C(=O)C[C@]2(O)C(=O)N(Cc3ccccc3)c3ccc(Cl)cc32)cc1[N+](=O)[O-]. The van der Waals surface area contributed by atoms with Gasteiger partial charge < -0.3 is 14.7 Å². The fourth-order valence-corrected chi connectivity index (χ4v) is 4.13. The molecule has 1 aliphatic heterocycles. The second-order valence-electron chi connectivity index (χ2n) is 7.64. The number of fused-ring (bicyclic) bond motifs is 1. The second-order valence-corrected chi connectivity index (χ2v) is 8.08. The van der Waals surface area contributed by atoms with Crippen LogP contribution in [0.3, 0.4) is 0 Å². The maximum atomic E-state index is 13.4. The molecule has 33 heavy (non-hydrogen) atoms. The number of anilines is 1. The summed E-state index contributed by atoms with van der Waals surface area (Å²) in [5.41, 5.74) is -1.07. The predicted molar refractivity (Wildman–Crippen MR) is 122 cm³/mol. The number of nitro groups is 1. The van der Waals surface area contributed by atoms with Crippen LogP contribution in [-0.4, -0.2) is 28.8 Å². The fourth-order valence-electron chi connectivity index (χ4n) is 3.96. The van der Waals surface area contributed by atoms with Crippen LogP contribution in [0, 0.1) is 10.1 Å². The lowest BCUT2D eigenvalue weighted by Crippen LogP contribution is -2.41. The van der Waals surface area contributed by atoms with E-state index in [9.17, 15) is 24.8 Å². The Balaban J connectivity index is 1.70. The van der Waals surface area contributed by atoms with Crippen LogP contribution in [0.1, 0.15) is 27.9 Å². The molecule has 0 aliphatic carbocycles. The Kier molecular flexibility index (Phi) is 5.88. The van der Waals surface area contributed by atoms with Crippen molar-refractivity contribution >= 4 is 34.7 Å². The lowest BCUT2D eigenvalue weighted by atomic mass is 9.88. The van der Waals surface area contributed by atoms with E-state index in [2.05, 4.69) is 0 Å². The molecule has 0 fully saturated rings. The monoisotopic (exact) mass is 466 g/mol. The molecule has 0 aromatic heterocycles. The van der Waals surface area contributed by atoms with Crippen LogP contribution in [0.2, 0.25) is 5.02 Å². The van der Waals surface area contributed by atoms with E-state index in [-0.39, 0.29) is 29.1 Å². The van der Waals surface area contributed by atoms with Crippen LogP contribution in [0.15, 0.2) is 66.7 Å². The summed E-state index contributed by atoms with van der Waals surface area (Å²) >= 11 is 6.13. The zero-order valence-electron chi connectivity index (χ0n) is 17.5. The van der Waals surface area contributed by atoms with Crippen molar-refractivity contribution in [3.05, 3.63) is 98.6 Å². The highest BCUT2D eigenvalue weighted by atomic mass is 35.5. The maximum absolute atomic E-state index is 13.4. The van der Waals surface area contributed by atoms with Crippen LogP contribution < -0.4 is 9.64 Å². The van der Waals surface area contributed by atoms with Gasteiger partial charge in [0.2, 0.25) is 0 Å². The van der Waals surface area contributed by atoms with E-state index in [1.165, 1.54) is 30.2 Å². The van der Waals surface area contributed by atoms with Gasteiger partial charge in [0.05, 0.1) is 30.7 Å². The summed E-state index contributed by atoms with van der Waals surface area (Å²) in [4.78, 5) is 38.5. The summed E-state index contributed by atoms with van der Waals surface area (Å²) in [6, 6.07) is 17.7. The number of ether oxygens (including phenoxy) is 1. The molecule has 8 nitrogen and oxygen atoms in total. The number of nitrogens with zero attached hydrogens (tertiary/aromatic N) is 2. The number of aliphatic hydroxyl groups is 1. The van der Waals surface area contributed by atoms with Crippen molar-refractivity contribution in [2.24, 2.45) is 0 Å². The van der Waals surface area contributed by atoms with Crippen molar-refractivity contribution in [3.8, 4) is 5.75 Å². The molecule has 0 spiro atoms. The molecular weight excluding hydrogens is 448 g/mol. The van der Waals surface area contributed by atoms with Crippen LogP contribution in [0.4, 0.5) is 11.4 Å². The quantitative estimate of drug-likeness (QED) is 0.316. The van der Waals surface area contributed by atoms with Gasteiger partial charge in [-0.15, -0.1) is 0 Å². The summed E-state index contributed by atoms with van der Waals surface area (Å²) in [5, 5.41) is 23.1. The normalized spacial score (nSPS) is 17.1. The third-order valence-corrected chi connectivity index (χ3v) is 5.83. The van der Waals surface area contributed by atoms with E-state index in [4.69, 9.17) is 16.3 Å². The van der Waals surface area contributed by atoms with Gasteiger partial charge >= 0.3 is 5.69 Å². The number of benzene rings is 3. The molecule has 1 amide bonds. The molecule has 3 aromatic carbocycles. The van der Waals surface area contributed by atoms with Crippen molar-refractivity contribution in [1.29, 1.82) is 0 Å². The first-order valence-electron chi connectivity index (χ1n) is 9.98. The lowest BCUT2D eigenvalue weighted by Gasteiger charge is -2.23. The number of hydrogen-bond acceptors (Lipinski definition) is 6. The van der Waals surface area contributed by atoms with Gasteiger partial charge in [-0.1, -0.05) is 41.9 Å². The highest BCUT2D eigenvalue weighted by Crippen LogP contribution is 2.45. The van der Waals surface area contributed by atoms with E-state index in [0.717, 1.165) is 11.6 Å². The van der Waals surface area contributed by atoms with Gasteiger partial charge in [-0.05, 0) is 35.9 Å². The standard InChI is InChI=1S/C24H19ClN2O6/c1-33-22-10-7-16(11-20(22)27(31)32)21(28)13-24(30)18-12-17(25)8-9-19(18)26(23(24)29)14-15-5-3-2-4-6-15/h2-12,30H,13-14H2,1H3/t24-/m1/s1. The van der Waals surface area contributed by atoms with Crippen molar-refractivity contribution in [2.75, 3.05) is 12.0 Å². The lowest BCUT2D eigenvalue weighted by molar-refractivity contribution is -0.385. The molecule has 3 aromatic rings. The third kappa shape index (κ3) is 4.06. The molecule has 1 heterocycles. The third-order valence-electron chi connectivity index (χ3n) is 5.59. The molecule has 9 heteroatoms. The van der Waals surface area contributed by atoms with E-state index in [1.54, 1.807) is 12.1 Å². The topological polar surface area (TPSA) is 110 Å².